The van der Waals surface area contributed by atoms with Crippen LogP contribution in [0.4, 0.5) is 4.39 Å². The molecule has 0 fully saturated rings. The lowest BCUT2D eigenvalue weighted by atomic mass is 10.1. The second kappa shape index (κ2) is 7.79. The molecule has 0 unspecified atom stereocenters. The Bertz CT molecular complexity index is 690. The Kier molecular flexibility index (Phi) is 5.50. The number of rotatable bonds is 4. The Hall–Kier alpha value is -2.87. The molecule has 0 atom stereocenters. The number of guanidine groups is 1. The van der Waals surface area contributed by atoms with Crippen molar-refractivity contribution >= 4 is 5.96 Å². The minimum Gasteiger partial charge on any atom is -0.352 e. The summed E-state index contributed by atoms with van der Waals surface area (Å²) in [5, 5.41) is 14.9. The number of nitrogens with zero attached hydrogens (tertiary/aromatic N) is 2. The normalized spacial score (nSPS) is 10.9. The van der Waals surface area contributed by atoms with Gasteiger partial charge in [0.05, 0.1) is 11.6 Å². The zero-order chi connectivity index (χ0) is 15.8. The van der Waals surface area contributed by atoms with Gasteiger partial charge in [-0.1, -0.05) is 36.4 Å². The van der Waals surface area contributed by atoms with E-state index in [1.54, 1.807) is 19.2 Å². The number of nitriles is 1. The first kappa shape index (κ1) is 15.5. The molecule has 0 aliphatic carbocycles. The van der Waals surface area contributed by atoms with Crippen LogP contribution in [0.3, 0.4) is 0 Å². The van der Waals surface area contributed by atoms with Crippen molar-refractivity contribution in [3.63, 3.8) is 0 Å². The van der Waals surface area contributed by atoms with Crippen LogP contribution in [0, 0.1) is 17.1 Å². The van der Waals surface area contributed by atoms with Crippen LogP contribution in [0.15, 0.2) is 53.5 Å². The molecule has 0 aromatic heterocycles. The van der Waals surface area contributed by atoms with E-state index < -0.39 is 5.82 Å². The molecule has 5 heteroatoms. The van der Waals surface area contributed by atoms with Gasteiger partial charge in [-0.25, -0.2) is 4.39 Å². The van der Waals surface area contributed by atoms with Crippen molar-refractivity contribution in [2.75, 3.05) is 7.05 Å². The molecular weight excluding hydrogens is 279 g/mol. The van der Waals surface area contributed by atoms with Crippen LogP contribution >= 0.6 is 0 Å². The summed E-state index contributed by atoms with van der Waals surface area (Å²) in [4.78, 5) is 4.10. The van der Waals surface area contributed by atoms with Crippen LogP contribution in [0.1, 0.15) is 16.7 Å². The average Bonchev–Trinajstić information content (AvgIpc) is 2.57. The summed E-state index contributed by atoms with van der Waals surface area (Å²) < 4.78 is 13.8. The molecule has 0 saturated heterocycles. The van der Waals surface area contributed by atoms with E-state index in [4.69, 9.17) is 5.26 Å². The summed E-state index contributed by atoms with van der Waals surface area (Å²) in [6.07, 6.45) is 0. The average molecular weight is 296 g/mol. The quantitative estimate of drug-likeness (QED) is 0.673. The Morgan fingerprint density at radius 3 is 2.50 bits per heavy atom. The molecule has 0 aliphatic heterocycles. The first-order valence-corrected chi connectivity index (χ1v) is 6.90. The first-order valence-electron chi connectivity index (χ1n) is 6.90. The summed E-state index contributed by atoms with van der Waals surface area (Å²) in [6, 6.07) is 16.3. The fourth-order valence-corrected chi connectivity index (χ4v) is 1.94. The van der Waals surface area contributed by atoms with Crippen molar-refractivity contribution in [3.05, 3.63) is 71.0 Å². The van der Waals surface area contributed by atoms with Gasteiger partial charge in [0.15, 0.2) is 5.96 Å². The lowest BCUT2D eigenvalue weighted by Crippen LogP contribution is -2.36. The zero-order valence-electron chi connectivity index (χ0n) is 12.3. The molecule has 0 radical (unpaired) electrons. The van der Waals surface area contributed by atoms with Gasteiger partial charge in [-0.3, -0.25) is 4.99 Å². The van der Waals surface area contributed by atoms with Gasteiger partial charge in [-0.2, -0.15) is 5.26 Å². The number of aliphatic imine (C=N–C) groups is 1. The van der Waals surface area contributed by atoms with Crippen molar-refractivity contribution < 1.29 is 4.39 Å². The molecule has 0 spiro atoms. The maximum Gasteiger partial charge on any atom is 0.191 e. The van der Waals surface area contributed by atoms with E-state index in [1.807, 2.05) is 36.4 Å². The van der Waals surface area contributed by atoms with Gasteiger partial charge in [0, 0.05) is 25.7 Å². The van der Waals surface area contributed by atoms with Crippen molar-refractivity contribution in [3.8, 4) is 6.07 Å². The standard InChI is InChI=1S/C17H17FN4/c1-20-17(21-11-13-5-3-2-4-6-13)22-12-15-8-7-14(10-19)9-16(15)18/h2-9H,11-12H2,1H3,(H2,20,21,22). The topological polar surface area (TPSA) is 60.2 Å². The van der Waals surface area contributed by atoms with Crippen LogP contribution in [0.2, 0.25) is 0 Å². The Morgan fingerprint density at radius 1 is 1.14 bits per heavy atom. The molecule has 0 amide bonds. The SMILES string of the molecule is CN=C(NCc1ccccc1)NCc1ccc(C#N)cc1F. The predicted molar refractivity (Wildman–Crippen MR) is 84.6 cm³/mol. The molecule has 2 rings (SSSR count). The van der Waals surface area contributed by atoms with Gasteiger partial charge in [-0.05, 0) is 17.7 Å². The minimum absolute atomic E-state index is 0.298. The van der Waals surface area contributed by atoms with Crippen molar-refractivity contribution in [1.82, 2.24) is 10.6 Å². The molecule has 112 valence electrons. The predicted octanol–water partition coefficient (Wildman–Crippen LogP) is 2.56. The van der Waals surface area contributed by atoms with E-state index in [-0.39, 0.29) is 0 Å². The van der Waals surface area contributed by atoms with Crippen LogP contribution < -0.4 is 10.6 Å². The highest BCUT2D eigenvalue weighted by molar-refractivity contribution is 5.79. The van der Waals surface area contributed by atoms with Crippen molar-refractivity contribution in [2.45, 2.75) is 13.1 Å². The van der Waals surface area contributed by atoms with Gasteiger partial charge < -0.3 is 10.6 Å². The van der Waals surface area contributed by atoms with Gasteiger partial charge in [0.1, 0.15) is 5.82 Å². The Morgan fingerprint density at radius 2 is 1.86 bits per heavy atom. The zero-order valence-corrected chi connectivity index (χ0v) is 12.3. The molecule has 0 aliphatic rings. The lowest BCUT2D eigenvalue weighted by molar-refractivity contribution is 0.604. The van der Waals surface area contributed by atoms with Gasteiger partial charge in [0.25, 0.3) is 0 Å². The fourth-order valence-electron chi connectivity index (χ4n) is 1.94. The molecule has 4 nitrogen and oxygen atoms in total. The monoisotopic (exact) mass is 296 g/mol. The second-order valence-electron chi connectivity index (χ2n) is 4.68. The maximum absolute atomic E-state index is 13.8. The molecule has 0 saturated carbocycles. The van der Waals surface area contributed by atoms with Crippen LogP contribution in [0.25, 0.3) is 0 Å². The van der Waals surface area contributed by atoms with Crippen LogP contribution in [-0.4, -0.2) is 13.0 Å². The molecule has 22 heavy (non-hydrogen) atoms. The third-order valence-corrected chi connectivity index (χ3v) is 3.15. The summed E-state index contributed by atoms with van der Waals surface area (Å²) in [5.74, 6) is 0.192. The smallest absolute Gasteiger partial charge is 0.191 e. The Balaban J connectivity index is 1.90. The number of benzene rings is 2. The third-order valence-electron chi connectivity index (χ3n) is 3.15. The van der Waals surface area contributed by atoms with E-state index in [1.165, 1.54) is 6.07 Å². The highest BCUT2D eigenvalue weighted by Crippen LogP contribution is 2.09. The maximum atomic E-state index is 13.8. The van der Waals surface area contributed by atoms with E-state index in [9.17, 15) is 4.39 Å². The molecular formula is C17H17FN4. The number of nitrogens with one attached hydrogen (secondary N) is 2. The lowest BCUT2D eigenvalue weighted by Gasteiger charge is -2.12. The van der Waals surface area contributed by atoms with E-state index in [0.717, 1.165) is 5.56 Å². The minimum atomic E-state index is -0.398. The van der Waals surface area contributed by atoms with Crippen molar-refractivity contribution in [1.29, 1.82) is 5.26 Å². The third kappa shape index (κ3) is 4.32. The number of hydrogen-bond donors (Lipinski definition) is 2. The van der Waals surface area contributed by atoms with Gasteiger partial charge >= 0.3 is 0 Å². The number of hydrogen-bond acceptors (Lipinski definition) is 2. The molecule has 0 heterocycles. The van der Waals surface area contributed by atoms with E-state index in [2.05, 4.69) is 15.6 Å². The van der Waals surface area contributed by atoms with E-state index >= 15 is 0 Å². The highest BCUT2D eigenvalue weighted by Gasteiger charge is 2.05. The fraction of sp³-hybridized carbons (Fsp3) is 0.176. The molecule has 2 N–H and O–H groups in total. The van der Waals surface area contributed by atoms with Gasteiger partial charge in [0.2, 0.25) is 0 Å². The Labute approximate surface area is 129 Å². The first-order chi connectivity index (χ1) is 10.7. The van der Waals surface area contributed by atoms with Crippen LogP contribution in [0.5, 0.6) is 0 Å². The summed E-state index contributed by atoms with van der Waals surface area (Å²) >= 11 is 0. The molecule has 0 bridgehead atoms. The summed E-state index contributed by atoms with van der Waals surface area (Å²) in [6.45, 7) is 0.933. The number of halogens is 1. The van der Waals surface area contributed by atoms with Gasteiger partial charge in [-0.15, -0.1) is 0 Å². The van der Waals surface area contributed by atoms with E-state index in [0.29, 0.717) is 30.2 Å². The highest BCUT2D eigenvalue weighted by atomic mass is 19.1. The second-order valence-corrected chi connectivity index (χ2v) is 4.68. The molecule has 2 aromatic carbocycles. The summed E-state index contributed by atoms with van der Waals surface area (Å²) in [5.41, 5.74) is 1.93. The summed E-state index contributed by atoms with van der Waals surface area (Å²) in [7, 11) is 1.66. The largest absolute Gasteiger partial charge is 0.352 e. The van der Waals surface area contributed by atoms with Crippen molar-refractivity contribution in [2.24, 2.45) is 4.99 Å². The molecule has 2 aromatic rings. The van der Waals surface area contributed by atoms with Crippen LogP contribution in [-0.2, 0) is 13.1 Å².